The summed E-state index contributed by atoms with van der Waals surface area (Å²) in [5.41, 5.74) is 7.68. The maximum Gasteiger partial charge on any atom is 0.126 e. The Morgan fingerprint density at radius 3 is 2.56 bits per heavy atom. The SMILES string of the molecule is Cc1ccc(CN(C)C2CCC(N)CC2)cc1F. The number of hydrogen-bond acceptors (Lipinski definition) is 2. The van der Waals surface area contributed by atoms with Crippen molar-refractivity contribution in [2.24, 2.45) is 5.73 Å². The van der Waals surface area contributed by atoms with Crippen LogP contribution in [0.1, 0.15) is 36.8 Å². The van der Waals surface area contributed by atoms with Crippen LogP contribution in [0.4, 0.5) is 4.39 Å². The smallest absolute Gasteiger partial charge is 0.126 e. The lowest BCUT2D eigenvalue weighted by molar-refractivity contribution is 0.176. The Labute approximate surface area is 109 Å². The van der Waals surface area contributed by atoms with Crippen LogP contribution in [0.3, 0.4) is 0 Å². The van der Waals surface area contributed by atoms with E-state index in [1.54, 1.807) is 13.0 Å². The van der Waals surface area contributed by atoms with Crippen LogP contribution in [0.25, 0.3) is 0 Å². The zero-order valence-corrected chi connectivity index (χ0v) is 11.3. The molecule has 0 spiro atoms. The number of halogens is 1. The van der Waals surface area contributed by atoms with Gasteiger partial charge in [0, 0.05) is 18.6 Å². The summed E-state index contributed by atoms with van der Waals surface area (Å²) in [6.45, 7) is 2.61. The molecule has 3 heteroatoms. The highest BCUT2D eigenvalue weighted by Crippen LogP contribution is 2.22. The molecule has 0 aliphatic heterocycles. The van der Waals surface area contributed by atoms with E-state index >= 15 is 0 Å². The minimum absolute atomic E-state index is 0.105. The molecule has 2 nitrogen and oxygen atoms in total. The Morgan fingerprint density at radius 1 is 1.28 bits per heavy atom. The lowest BCUT2D eigenvalue weighted by atomic mass is 9.91. The molecule has 18 heavy (non-hydrogen) atoms. The second-order valence-electron chi connectivity index (χ2n) is 5.57. The minimum atomic E-state index is -0.105. The molecule has 0 bridgehead atoms. The van der Waals surface area contributed by atoms with Crippen molar-refractivity contribution in [2.45, 2.75) is 51.2 Å². The van der Waals surface area contributed by atoms with Crippen LogP contribution in [-0.2, 0) is 6.54 Å². The predicted octanol–water partition coefficient (Wildman–Crippen LogP) is 2.84. The van der Waals surface area contributed by atoms with Crippen molar-refractivity contribution in [3.8, 4) is 0 Å². The number of aryl methyl sites for hydroxylation is 1. The zero-order valence-electron chi connectivity index (χ0n) is 11.3. The topological polar surface area (TPSA) is 29.3 Å². The average molecular weight is 250 g/mol. The van der Waals surface area contributed by atoms with E-state index in [0.717, 1.165) is 37.8 Å². The van der Waals surface area contributed by atoms with Crippen LogP contribution in [-0.4, -0.2) is 24.0 Å². The quantitative estimate of drug-likeness (QED) is 0.894. The summed E-state index contributed by atoms with van der Waals surface area (Å²) in [4.78, 5) is 2.33. The van der Waals surface area contributed by atoms with Gasteiger partial charge >= 0.3 is 0 Å². The van der Waals surface area contributed by atoms with Gasteiger partial charge in [-0.05, 0) is 56.8 Å². The van der Waals surface area contributed by atoms with E-state index < -0.39 is 0 Å². The van der Waals surface area contributed by atoms with E-state index in [-0.39, 0.29) is 5.82 Å². The lowest BCUT2D eigenvalue weighted by Crippen LogP contribution is -2.38. The van der Waals surface area contributed by atoms with Gasteiger partial charge in [0.15, 0.2) is 0 Å². The fourth-order valence-electron chi connectivity index (χ4n) is 2.69. The third-order valence-electron chi connectivity index (χ3n) is 4.03. The number of hydrogen-bond donors (Lipinski definition) is 1. The summed E-state index contributed by atoms with van der Waals surface area (Å²) in [5.74, 6) is -0.105. The van der Waals surface area contributed by atoms with Crippen LogP contribution in [0.15, 0.2) is 18.2 Å². The summed E-state index contributed by atoms with van der Waals surface area (Å²) in [7, 11) is 2.12. The molecule has 0 radical (unpaired) electrons. The molecule has 100 valence electrons. The van der Waals surface area contributed by atoms with E-state index in [1.165, 1.54) is 0 Å². The third-order valence-corrected chi connectivity index (χ3v) is 4.03. The number of nitrogens with zero attached hydrogens (tertiary/aromatic N) is 1. The van der Waals surface area contributed by atoms with Crippen LogP contribution in [0.2, 0.25) is 0 Å². The molecule has 0 heterocycles. The molecule has 1 saturated carbocycles. The molecular formula is C15H23FN2. The van der Waals surface area contributed by atoms with Crippen LogP contribution < -0.4 is 5.73 Å². The molecule has 0 aromatic heterocycles. The summed E-state index contributed by atoms with van der Waals surface area (Å²) < 4.78 is 13.5. The maximum absolute atomic E-state index is 13.5. The summed E-state index contributed by atoms with van der Waals surface area (Å²) in [6.07, 6.45) is 4.53. The maximum atomic E-state index is 13.5. The highest BCUT2D eigenvalue weighted by Gasteiger charge is 2.21. The Balaban J connectivity index is 1.94. The van der Waals surface area contributed by atoms with Crippen LogP contribution in [0.5, 0.6) is 0 Å². The first-order valence-electron chi connectivity index (χ1n) is 6.77. The van der Waals surface area contributed by atoms with E-state index in [9.17, 15) is 4.39 Å². The Bertz CT molecular complexity index is 397. The molecule has 0 amide bonds. The van der Waals surface area contributed by atoms with Crippen LogP contribution >= 0.6 is 0 Å². The Kier molecular flexibility index (Phi) is 4.36. The molecule has 1 aromatic rings. The van der Waals surface area contributed by atoms with E-state index in [2.05, 4.69) is 11.9 Å². The number of rotatable bonds is 3. The molecule has 1 aliphatic carbocycles. The van der Waals surface area contributed by atoms with Gasteiger partial charge in [-0.25, -0.2) is 4.39 Å². The van der Waals surface area contributed by atoms with Crippen molar-refractivity contribution >= 4 is 0 Å². The van der Waals surface area contributed by atoms with Crippen molar-refractivity contribution in [1.29, 1.82) is 0 Å². The van der Waals surface area contributed by atoms with E-state index in [1.807, 2.05) is 12.1 Å². The van der Waals surface area contributed by atoms with Gasteiger partial charge in [-0.15, -0.1) is 0 Å². The summed E-state index contributed by atoms with van der Waals surface area (Å²) >= 11 is 0. The monoisotopic (exact) mass is 250 g/mol. The molecule has 1 fully saturated rings. The number of nitrogens with two attached hydrogens (primary N) is 1. The van der Waals surface area contributed by atoms with Crippen molar-refractivity contribution in [3.63, 3.8) is 0 Å². The van der Waals surface area contributed by atoms with Gasteiger partial charge in [0.1, 0.15) is 5.82 Å². The fraction of sp³-hybridized carbons (Fsp3) is 0.600. The normalized spacial score (nSPS) is 24.5. The molecule has 2 rings (SSSR count). The third kappa shape index (κ3) is 3.30. The molecule has 2 N–H and O–H groups in total. The molecule has 0 saturated heterocycles. The highest BCUT2D eigenvalue weighted by molar-refractivity contribution is 5.23. The van der Waals surface area contributed by atoms with Crippen molar-refractivity contribution in [1.82, 2.24) is 4.90 Å². The summed E-state index contributed by atoms with van der Waals surface area (Å²) in [5, 5.41) is 0. The van der Waals surface area contributed by atoms with E-state index in [4.69, 9.17) is 5.73 Å². The summed E-state index contributed by atoms with van der Waals surface area (Å²) in [6, 6.07) is 6.50. The van der Waals surface area contributed by atoms with Gasteiger partial charge in [-0.1, -0.05) is 12.1 Å². The average Bonchev–Trinajstić information content (AvgIpc) is 2.34. The first-order chi connectivity index (χ1) is 8.56. The molecule has 1 aromatic carbocycles. The predicted molar refractivity (Wildman–Crippen MR) is 72.8 cm³/mol. The lowest BCUT2D eigenvalue weighted by Gasteiger charge is -2.33. The van der Waals surface area contributed by atoms with Gasteiger partial charge in [-0.2, -0.15) is 0 Å². The standard InChI is InChI=1S/C15H23FN2/c1-11-3-4-12(9-15(11)16)10-18(2)14-7-5-13(17)6-8-14/h3-4,9,13-14H,5-8,10,17H2,1-2H3. The first-order valence-corrected chi connectivity index (χ1v) is 6.77. The molecule has 1 aliphatic rings. The van der Waals surface area contributed by atoms with Gasteiger partial charge in [-0.3, -0.25) is 4.90 Å². The Morgan fingerprint density at radius 2 is 1.94 bits per heavy atom. The van der Waals surface area contributed by atoms with Crippen molar-refractivity contribution < 1.29 is 4.39 Å². The van der Waals surface area contributed by atoms with Gasteiger partial charge in [0.2, 0.25) is 0 Å². The van der Waals surface area contributed by atoms with Crippen molar-refractivity contribution in [3.05, 3.63) is 35.1 Å². The molecular weight excluding hydrogens is 227 g/mol. The second kappa shape index (κ2) is 5.81. The van der Waals surface area contributed by atoms with Gasteiger partial charge in [0.05, 0.1) is 0 Å². The van der Waals surface area contributed by atoms with Gasteiger partial charge in [0.25, 0.3) is 0 Å². The van der Waals surface area contributed by atoms with Crippen molar-refractivity contribution in [2.75, 3.05) is 7.05 Å². The van der Waals surface area contributed by atoms with Crippen LogP contribution in [0, 0.1) is 12.7 Å². The van der Waals surface area contributed by atoms with E-state index in [0.29, 0.717) is 17.6 Å². The molecule has 0 unspecified atom stereocenters. The minimum Gasteiger partial charge on any atom is -0.328 e. The zero-order chi connectivity index (χ0) is 13.1. The highest BCUT2D eigenvalue weighted by atomic mass is 19.1. The Hall–Kier alpha value is -0.930. The second-order valence-corrected chi connectivity index (χ2v) is 5.57. The molecule has 0 atom stereocenters. The number of benzene rings is 1. The van der Waals surface area contributed by atoms with Gasteiger partial charge < -0.3 is 5.73 Å². The first kappa shape index (κ1) is 13.5. The fourth-order valence-corrected chi connectivity index (χ4v) is 2.69. The largest absolute Gasteiger partial charge is 0.328 e.